The summed E-state index contributed by atoms with van der Waals surface area (Å²) in [5, 5.41) is 14.1. The number of benzene rings is 1. The second-order valence-electron chi connectivity index (χ2n) is 7.99. The summed E-state index contributed by atoms with van der Waals surface area (Å²) >= 11 is 1.19. The van der Waals surface area contributed by atoms with Gasteiger partial charge in [0.1, 0.15) is 5.82 Å². The first kappa shape index (κ1) is 23.2. The van der Waals surface area contributed by atoms with Gasteiger partial charge in [-0.2, -0.15) is 0 Å². The lowest BCUT2D eigenvalue weighted by Crippen LogP contribution is -2.41. The van der Waals surface area contributed by atoms with Crippen LogP contribution in [-0.2, 0) is 11.3 Å². The molecule has 10 heteroatoms. The third kappa shape index (κ3) is 7.03. The molecule has 8 nitrogen and oxygen atoms in total. The molecule has 1 aliphatic rings. The molecule has 168 valence electrons. The molecule has 2 heterocycles. The Hall–Kier alpha value is -2.46. The van der Waals surface area contributed by atoms with Crippen molar-refractivity contribution in [3.63, 3.8) is 0 Å². The second-order valence-corrected chi connectivity index (χ2v) is 8.93. The number of aromatic nitrogens is 3. The van der Waals surface area contributed by atoms with Crippen molar-refractivity contribution in [2.24, 2.45) is 5.92 Å². The number of amides is 3. The zero-order valence-corrected chi connectivity index (χ0v) is 18.8. The Balaban J connectivity index is 1.69. The van der Waals surface area contributed by atoms with Gasteiger partial charge in [-0.05, 0) is 56.1 Å². The van der Waals surface area contributed by atoms with E-state index in [1.54, 1.807) is 12.1 Å². The third-order valence-electron chi connectivity index (χ3n) is 4.86. The summed E-state index contributed by atoms with van der Waals surface area (Å²) in [4.78, 5) is 26.3. The number of piperidine rings is 1. The molecule has 0 spiro atoms. The van der Waals surface area contributed by atoms with Crippen molar-refractivity contribution in [3.05, 3.63) is 35.9 Å². The van der Waals surface area contributed by atoms with E-state index in [2.05, 4.69) is 25.7 Å². The third-order valence-corrected chi connectivity index (χ3v) is 5.78. The van der Waals surface area contributed by atoms with Crippen LogP contribution in [0, 0.1) is 11.7 Å². The Bertz CT molecular complexity index is 880. The SMILES string of the molecule is CC(C)CNC(=O)NC(=O)CSc1nnc(CN2CCCCC2)n1-c1ccc(F)cc1. The lowest BCUT2D eigenvalue weighted by atomic mass is 10.1. The van der Waals surface area contributed by atoms with Crippen molar-refractivity contribution < 1.29 is 14.0 Å². The monoisotopic (exact) mass is 448 g/mol. The maximum Gasteiger partial charge on any atom is 0.321 e. The highest BCUT2D eigenvalue weighted by Gasteiger charge is 2.20. The van der Waals surface area contributed by atoms with Gasteiger partial charge >= 0.3 is 6.03 Å². The highest BCUT2D eigenvalue weighted by molar-refractivity contribution is 7.99. The zero-order valence-electron chi connectivity index (χ0n) is 17.9. The van der Waals surface area contributed by atoms with Crippen molar-refractivity contribution in [2.45, 2.75) is 44.8 Å². The first-order valence-corrected chi connectivity index (χ1v) is 11.5. The number of hydrogen-bond acceptors (Lipinski definition) is 6. The number of halogens is 1. The van der Waals surface area contributed by atoms with Gasteiger partial charge in [-0.1, -0.05) is 32.0 Å². The predicted molar refractivity (Wildman–Crippen MR) is 118 cm³/mol. The van der Waals surface area contributed by atoms with E-state index in [1.165, 1.54) is 30.3 Å². The molecule has 0 atom stereocenters. The van der Waals surface area contributed by atoms with Crippen molar-refractivity contribution >= 4 is 23.7 Å². The van der Waals surface area contributed by atoms with Crippen LogP contribution in [0.3, 0.4) is 0 Å². The van der Waals surface area contributed by atoms with Crippen LogP contribution in [0.2, 0.25) is 0 Å². The molecule has 1 saturated heterocycles. The molecule has 1 aliphatic heterocycles. The first-order valence-electron chi connectivity index (χ1n) is 10.6. The van der Waals surface area contributed by atoms with Crippen molar-refractivity contribution in [1.82, 2.24) is 30.3 Å². The number of rotatable bonds is 8. The lowest BCUT2D eigenvalue weighted by Gasteiger charge is -2.26. The van der Waals surface area contributed by atoms with Crippen LogP contribution in [0.5, 0.6) is 0 Å². The largest absolute Gasteiger partial charge is 0.338 e. The average molecular weight is 449 g/mol. The maximum atomic E-state index is 13.4. The number of imide groups is 1. The average Bonchev–Trinajstić information content (AvgIpc) is 3.14. The van der Waals surface area contributed by atoms with Crippen molar-refractivity contribution in [2.75, 3.05) is 25.4 Å². The molecule has 1 aromatic heterocycles. The molecule has 0 radical (unpaired) electrons. The summed E-state index contributed by atoms with van der Waals surface area (Å²) in [6.45, 7) is 7.09. The van der Waals surface area contributed by atoms with Gasteiger partial charge in [-0.25, -0.2) is 9.18 Å². The Labute approximate surface area is 186 Å². The van der Waals surface area contributed by atoms with E-state index in [0.29, 0.717) is 24.2 Å². The van der Waals surface area contributed by atoms with Crippen LogP contribution in [0.4, 0.5) is 9.18 Å². The quantitative estimate of drug-likeness (QED) is 0.604. The van der Waals surface area contributed by atoms with E-state index >= 15 is 0 Å². The minimum Gasteiger partial charge on any atom is -0.338 e. The highest BCUT2D eigenvalue weighted by Crippen LogP contribution is 2.24. The number of thioether (sulfide) groups is 1. The van der Waals surface area contributed by atoms with Crippen LogP contribution in [0.1, 0.15) is 38.9 Å². The van der Waals surface area contributed by atoms with E-state index in [4.69, 9.17) is 0 Å². The molecule has 0 bridgehead atoms. The summed E-state index contributed by atoms with van der Waals surface area (Å²) in [6.07, 6.45) is 3.55. The fraction of sp³-hybridized carbons (Fsp3) is 0.524. The Kier molecular flexibility index (Phi) is 8.42. The number of hydrogen-bond donors (Lipinski definition) is 2. The molecule has 0 aliphatic carbocycles. The van der Waals surface area contributed by atoms with Gasteiger partial charge in [0.15, 0.2) is 11.0 Å². The molecule has 3 amide bonds. The smallest absolute Gasteiger partial charge is 0.321 e. The van der Waals surface area contributed by atoms with Crippen LogP contribution < -0.4 is 10.6 Å². The van der Waals surface area contributed by atoms with Crippen molar-refractivity contribution in [1.29, 1.82) is 0 Å². The fourth-order valence-corrected chi connectivity index (χ4v) is 4.07. The Morgan fingerprint density at radius 1 is 1.13 bits per heavy atom. The fourth-order valence-electron chi connectivity index (χ4n) is 3.30. The van der Waals surface area contributed by atoms with E-state index in [-0.39, 0.29) is 11.6 Å². The molecule has 0 unspecified atom stereocenters. The molecule has 1 aromatic carbocycles. The van der Waals surface area contributed by atoms with Gasteiger partial charge < -0.3 is 5.32 Å². The van der Waals surface area contributed by atoms with Crippen LogP contribution in [0.15, 0.2) is 29.4 Å². The van der Waals surface area contributed by atoms with Crippen LogP contribution in [-0.4, -0.2) is 57.0 Å². The number of nitrogens with one attached hydrogen (secondary N) is 2. The molecule has 3 rings (SSSR count). The second kappa shape index (κ2) is 11.2. The number of urea groups is 1. The van der Waals surface area contributed by atoms with Gasteiger partial charge in [0.2, 0.25) is 5.91 Å². The number of carbonyl (C=O) groups is 2. The van der Waals surface area contributed by atoms with E-state index in [0.717, 1.165) is 37.4 Å². The minimum atomic E-state index is -0.509. The number of carbonyl (C=O) groups excluding carboxylic acids is 2. The Morgan fingerprint density at radius 3 is 2.52 bits per heavy atom. The Morgan fingerprint density at radius 2 is 1.84 bits per heavy atom. The van der Waals surface area contributed by atoms with Gasteiger partial charge in [-0.15, -0.1) is 10.2 Å². The van der Waals surface area contributed by atoms with Gasteiger partial charge in [0, 0.05) is 12.2 Å². The lowest BCUT2D eigenvalue weighted by molar-refractivity contribution is -0.117. The van der Waals surface area contributed by atoms with Gasteiger partial charge in [-0.3, -0.25) is 19.6 Å². The minimum absolute atomic E-state index is 0.0120. The standard InChI is InChI=1S/C21H29FN6O2S/c1-15(2)12-23-20(30)24-19(29)14-31-21-26-25-18(13-27-10-4-3-5-11-27)28(21)17-8-6-16(22)7-9-17/h6-9,15H,3-5,10-14H2,1-2H3,(H2,23,24,29,30). The topological polar surface area (TPSA) is 92.2 Å². The predicted octanol–water partition coefficient (Wildman–Crippen LogP) is 2.97. The maximum absolute atomic E-state index is 13.4. The molecular formula is C21H29FN6O2S. The van der Waals surface area contributed by atoms with Crippen molar-refractivity contribution in [3.8, 4) is 5.69 Å². The van der Waals surface area contributed by atoms with E-state index < -0.39 is 11.9 Å². The zero-order chi connectivity index (χ0) is 22.2. The number of likely N-dealkylation sites (tertiary alicyclic amines) is 1. The molecular weight excluding hydrogens is 419 g/mol. The van der Waals surface area contributed by atoms with Crippen LogP contribution in [0.25, 0.3) is 5.69 Å². The molecule has 2 N–H and O–H groups in total. The van der Waals surface area contributed by atoms with Gasteiger partial charge in [0.05, 0.1) is 12.3 Å². The molecule has 31 heavy (non-hydrogen) atoms. The van der Waals surface area contributed by atoms with Crippen LogP contribution >= 0.6 is 11.8 Å². The summed E-state index contributed by atoms with van der Waals surface area (Å²) in [6, 6.07) is 5.61. The first-order chi connectivity index (χ1) is 14.9. The normalized spacial score (nSPS) is 14.6. The highest BCUT2D eigenvalue weighted by atomic mass is 32.2. The summed E-state index contributed by atoms with van der Waals surface area (Å²) in [5.41, 5.74) is 0.732. The van der Waals surface area contributed by atoms with E-state index in [1.807, 2.05) is 18.4 Å². The molecule has 1 fully saturated rings. The number of nitrogens with zero attached hydrogens (tertiary/aromatic N) is 4. The summed E-state index contributed by atoms with van der Waals surface area (Å²) in [5.74, 6) is 0.305. The van der Waals surface area contributed by atoms with E-state index in [9.17, 15) is 14.0 Å². The van der Waals surface area contributed by atoms with Gasteiger partial charge in [0.25, 0.3) is 0 Å². The summed E-state index contributed by atoms with van der Waals surface area (Å²) < 4.78 is 15.3. The molecule has 2 aromatic rings. The molecule has 0 saturated carbocycles. The summed E-state index contributed by atoms with van der Waals surface area (Å²) in [7, 11) is 0.